The van der Waals surface area contributed by atoms with Crippen molar-refractivity contribution in [1.82, 2.24) is 0 Å². The summed E-state index contributed by atoms with van der Waals surface area (Å²) in [5.41, 5.74) is 25.4. The van der Waals surface area contributed by atoms with Crippen LogP contribution in [0.4, 0.5) is 0 Å². The minimum atomic E-state index is -0.459. The van der Waals surface area contributed by atoms with Crippen LogP contribution in [0.5, 0.6) is 0 Å². The minimum absolute atomic E-state index is 0.459. The topological polar surface area (TPSA) is 0 Å². The standard InChI is InChI=1S/C67H40/c1-2-20-43-42(19-1)44-21-3-4-23-46(44)49-38-37-41(39-58(49)47-24-6-5-22-45(43)47)64-53-29-9-11-31-55(53)65(56-32-12-10-30-54(56)64)59-40-63-66(52-28-8-7-25-48(52)59)57-33-15-18-36-62(57)67(63)60-34-16-13-26-50(60)51-27-14-17-35-61(51)67/h1-40H. The van der Waals surface area contributed by atoms with Crippen LogP contribution >= 0.6 is 0 Å². The number of benzene rings is 12. The molecule has 0 unspecified atom stereocenters. The van der Waals surface area contributed by atoms with E-state index in [1.165, 1.54) is 144 Å². The molecule has 308 valence electrons. The van der Waals surface area contributed by atoms with Gasteiger partial charge in [0.05, 0.1) is 5.41 Å². The summed E-state index contributed by atoms with van der Waals surface area (Å²) in [4.78, 5) is 0. The Morgan fingerprint density at radius 3 is 0.985 bits per heavy atom. The van der Waals surface area contributed by atoms with E-state index in [1.807, 2.05) is 0 Å². The zero-order valence-corrected chi connectivity index (χ0v) is 36.6. The Morgan fingerprint density at radius 2 is 0.507 bits per heavy atom. The first-order valence-electron chi connectivity index (χ1n) is 23.5. The summed E-state index contributed by atoms with van der Waals surface area (Å²) in [6.07, 6.45) is 0. The molecule has 0 nitrogen and oxygen atoms in total. The van der Waals surface area contributed by atoms with Crippen LogP contribution in [0.1, 0.15) is 22.3 Å². The predicted octanol–water partition coefficient (Wildman–Crippen LogP) is 17.8. The summed E-state index contributed by atoms with van der Waals surface area (Å²) in [6, 6.07) is 91.6. The highest BCUT2D eigenvalue weighted by Crippen LogP contribution is 2.65. The fraction of sp³-hybridized carbons (Fsp3) is 0.0149. The summed E-state index contributed by atoms with van der Waals surface area (Å²) in [7, 11) is 0. The molecular weight excluding hydrogens is 805 g/mol. The number of fused-ring (bicyclic) bond motifs is 22. The maximum atomic E-state index is 2.60. The quantitative estimate of drug-likeness (QED) is 0.152. The van der Waals surface area contributed by atoms with Gasteiger partial charge in [-0.2, -0.15) is 0 Å². The van der Waals surface area contributed by atoms with Crippen molar-refractivity contribution in [2.75, 3.05) is 0 Å². The Morgan fingerprint density at radius 1 is 0.179 bits per heavy atom. The molecule has 0 aromatic heterocycles. The van der Waals surface area contributed by atoms with Gasteiger partial charge in [-0.1, -0.05) is 231 Å². The lowest BCUT2D eigenvalue weighted by Gasteiger charge is -2.31. The predicted molar refractivity (Wildman–Crippen MR) is 281 cm³/mol. The second-order valence-corrected chi connectivity index (χ2v) is 18.5. The van der Waals surface area contributed by atoms with Gasteiger partial charge in [0.15, 0.2) is 0 Å². The lowest BCUT2D eigenvalue weighted by molar-refractivity contribution is 0.795. The normalized spacial score (nSPS) is 13.2. The number of hydrogen-bond donors (Lipinski definition) is 0. The lowest BCUT2D eigenvalue weighted by atomic mass is 9.69. The van der Waals surface area contributed by atoms with Crippen LogP contribution in [0.2, 0.25) is 0 Å². The summed E-state index contributed by atoms with van der Waals surface area (Å²) < 4.78 is 0. The van der Waals surface area contributed by atoms with E-state index in [2.05, 4.69) is 243 Å². The number of rotatable bonds is 2. The van der Waals surface area contributed by atoms with Crippen molar-refractivity contribution in [3.05, 3.63) is 265 Å². The third-order valence-electron chi connectivity index (χ3n) is 15.5. The van der Waals surface area contributed by atoms with Gasteiger partial charge in [-0.05, 0) is 156 Å². The van der Waals surface area contributed by atoms with Gasteiger partial charge in [-0.15, -0.1) is 0 Å². The van der Waals surface area contributed by atoms with Gasteiger partial charge in [-0.25, -0.2) is 0 Å². The Hall–Kier alpha value is -8.58. The van der Waals surface area contributed by atoms with Crippen LogP contribution in [-0.4, -0.2) is 0 Å². The Kier molecular flexibility index (Phi) is 7.52. The lowest BCUT2D eigenvalue weighted by Crippen LogP contribution is -2.25. The van der Waals surface area contributed by atoms with Crippen molar-refractivity contribution in [3.63, 3.8) is 0 Å². The molecule has 0 atom stereocenters. The van der Waals surface area contributed by atoms with Crippen molar-refractivity contribution in [2.24, 2.45) is 0 Å². The summed E-state index contributed by atoms with van der Waals surface area (Å²) in [5.74, 6) is 0. The first-order valence-corrected chi connectivity index (χ1v) is 23.5. The molecule has 0 heteroatoms. The highest BCUT2D eigenvalue weighted by atomic mass is 14.5. The molecule has 0 N–H and O–H groups in total. The van der Waals surface area contributed by atoms with Crippen LogP contribution in [0, 0.1) is 0 Å². The fourth-order valence-electron chi connectivity index (χ4n) is 12.9. The molecular formula is C67H40. The zero-order valence-electron chi connectivity index (χ0n) is 36.6. The largest absolute Gasteiger partial charge is 0.0725 e. The monoisotopic (exact) mass is 844 g/mol. The maximum Gasteiger partial charge on any atom is 0.0725 e. The number of hydrogen-bond acceptors (Lipinski definition) is 0. The highest BCUT2D eigenvalue weighted by molar-refractivity contribution is 6.25. The van der Waals surface area contributed by atoms with E-state index < -0.39 is 5.41 Å². The molecule has 0 radical (unpaired) electrons. The molecule has 0 amide bonds. The Bertz CT molecular complexity index is 4000. The van der Waals surface area contributed by atoms with E-state index >= 15 is 0 Å². The SMILES string of the molecule is c1ccc2c(c1)-c1ccccc1-c1ccc(-c3c4ccccc4c(-c4cc5c(c6ccccc46)-c4ccccc4C54c5ccccc5-c5ccccc54)c4ccccc34)cc1-c1ccccc1-2. The maximum absolute atomic E-state index is 2.60. The molecule has 1 spiro atoms. The molecule has 0 fully saturated rings. The van der Waals surface area contributed by atoms with Crippen molar-refractivity contribution >= 4 is 32.3 Å². The molecule has 0 saturated carbocycles. The van der Waals surface area contributed by atoms with Crippen LogP contribution in [0.25, 0.3) is 121 Å². The molecule has 0 heterocycles. The van der Waals surface area contributed by atoms with Gasteiger partial charge < -0.3 is 0 Å². The average Bonchev–Trinajstić information content (AvgIpc) is 3.87. The molecule has 12 aromatic carbocycles. The molecule has 67 heavy (non-hydrogen) atoms. The van der Waals surface area contributed by atoms with Crippen molar-refractivity contribution < 1.29 is 0 Å². The Balaban J connectivity index is 1.04. The van der Waals surface area contributed by atoms with E-state index in [-0.39, 0.29) is 0 Å². The molecule has 0 bridgehead atoms. The second kappa shape index (κ2) is 13.7. The first-order chi connectivity index (χ1) is 33.3. The summed E-state index contributed by atoms with van der Waals surface area (Å²) in [5, 5.41) is 7.57. The Labute approximate surface area is 389 Å². The zero-order chi connectivity index (χ0) is 43.8. The van der Waals surface area contributed by atoms with E-state index in [0.29, 0.717) is 0 Å². The molecule has 3 aliphatic carbocycles. The minimum Gasteiger partial charge on any atom is -0.0619 e. The van der Waals surface area contributed by atoms with Gasteiger partial charge in [0.2, 0.25) is 0 Å². The third kappa shape index (κ3) is 4.81. The van der Waals surface area contributed by atoms with E-state index in [4.69, 9.17) is 0 Å². The fourth-order valence-corrected chi connectivity index (χ4v) is 12.9. The summed E-state index contributed by atoms with van der Waals surface area (Å²) >= 11 is 0. The van der Waals surface area contributed by atoms with Crippen LogP contribution < -0.4 is 0 Å². The molecule has 0 aliphatic heterocycles. The van der Waals surface area contributed by atoms with Gasteiger partial charge in [0.25, 0.3) is 0 Å². The molecule has 15 rings (SSSR count). The van der Waals surface area contributed by atoms with Gasteiger partial charge >= 0.3 is 0 Å². The average molecular weight is 845 g/mol. The molecule has 12 aromatic rings. The van der Waals surface area contributed by atoms with E-state index in [9.17, 15) is 0 Å². The van der Waals surface area contributed by atoms with Crippen molar-refractivity contribution in [3.8, 4) is 89.0 Å². The van der Waals surface area contributed by atoms with Gasteiger partial charge in [0.1, 0.15) is 0 Å². The smallest absolute Gasteiger partial charge is 0.0619 e. The van der Waals surface area contributed by atoms with Crippen molar-refractivity contribution in [2.45, 2.75) is 5.41 Å². The van der Waals surface area contributed by atoms with Crippen LogP contribution in [-0.2, 0) is 5.41 Å². The van der Waals surface area contributed by atoms with E-state index in [1.54, 1.807) is 0 Å². The van der Waals surface area contributed by atoms with Gasteiger partial charge in [0, 0.05) is 0 Å². The van der Waals surface area contributed by atoms with Crippen molar-refractivity contribution in [1.29, 1.82) is 0 Å². The van der Waals surface area contributed by atoms with Gasteiger partial charge in [-0.3, -0.25) is 0 Å². The summed E-state index contributed by atoms with van der Waals surface area (Å²) in [6.45, 7) is 0. The first kappa shape index (κ1) is 36.7. The third-order valence-corrected chi connectivity index (χ3v) is 15.5. The highest BCUT2D eigenvalue weighted by Gasteiger charge is 2.52. The molecule has 0 saturated heterocycles. The molecule has 3 aliphatic rings. The second-order valence-electron chi connectivity index (χ2n) is 18.5. The van der Waals surface area contributed by atoms with Crippen LogP contribution in [0.15, 0.2) is 243 Å². The van der Waals surface area contributed by atoms with Crippen LogP contribution in [0.3, 0.4) is 0 Å². The van der Waals surface area contributed by atoms with E-state index in [0.717, 1.165) is 0 Å².